The van der Waals surface area contributed by atoms with Crippen LogP contribution in [0.2, 0.25) is 0 Å². The number of aliphatic hydroxyl groups is 1. The van der Waals surface area contributed by atoms with Gasteiger partial charge in [-0.05, 0) is 13.3 Å². The number of hydrogen-bond acceptors (Lipinski definition) is 3. The van der Waals surface area contributed by atoms with E-state index in [1.165, 1.54) is 25.6 Å². The van der Waals surface area contributed by atoms with Crippen molar-refractivity contribution in [2.24, 2.45) is 0 Å². The largest absolute Gasteiger partial charge is 0.391 e. The van der Waals surface area contributed by atoms with Crippen molar-refractivity contribution in [3.8, 4) is 0 Å². The lowest BCUT2D eigenvalue weighted by molar-refractivity contribution is 0.115. The van der Waals surface area contributed by atoms with E-state index < -0.39 is 0 Å². The summed E-state index contributed by atoms with van der Waals surface area (Å²) in [6, 6.07) is 0.0735. The summed E-state index contributed by atoms with van der Waals surface area (Å²) in [5, 5.41) is 13.7. The average molecular weight is 211 g/mol. The molecule has 1 rings (SSSR count). The van der Waals surface area contributed by atoms with Crippen LogP contribution in [0.3, 0.4) is 0 Å². The van der Waals surface area contributed by atoms with Gasteiger partial charge in [0.25, 0.3) is 0 Å². The predicted octanol–water partition coefficient (Wildman–Crippen LogP) is 2.17. The van der Waals surface area contributed by atoms with E-state index >= 15 is 0 Å². The fourth-order valence-corrected chi connectivity index (χ4v) is 1.76. The van der Waals surface area contributed by atoms with Crippen molar-refractivity contribution in [1.29, 1.82) is 0 Å². The van der Waals surface area contributed by atoms with Crippen molar-refractivity contribution in [3.05, 3.63) is 12.7 Å². The molecule has 15 heavy (non-hydrogen) atoms. The molecule has 0 radical (unpaired) electrons. The minimum atomic E-state index is -0.367. The van der Waals surface area contributed by atoms with Crippen LogP contribution in [0.5, 0.6) is 0 Å². The lowest BCUT2D eigenvalue weighted by Gasteiger charge is -2.19. The normalized spacial score (nSPS) is 15.1. The highest BCUT2D eigenvalue weighted by molar-refractivity contribution is 4.73. The molecule has 86 valence electrons. The Hall–Kier alpha value is -0.900. The predicted molar refractivity (Wildman–Crippen MR) is 59.5 cm³/mol. The third-order valence-corrected chi connectivity index (χ3v) is 2.69. The van der Waals surface area contributed by atoms with Crippen LogP contribution in [0.1, 0.15) is 52.0 Å². The Balaban J connectivity index is 2.39. The standard InChI is InChI=1S/C11H21N3O/c1-3-4-5-6-7-11(10(2)15)14-9-12-8-13-14/h8-11,15H,3-7H2,1-2H3/t10-,11+/m0/s1. The second kappa shape index (κ2) is 6.56. The minimum absolute atomic E-state index is 0.0735. The van der Waals surface area contributed by atoms with Gasteiger partial charge < -0.3 is 5.11 Å². The molecule has 4 heteroatoms. The van der Waals surface area contributed by atoms with Gasteiger partial charge in [0.2, 0.25) is 0 Å². The molecule has 0 amide bonds. The molecule has 0 aliphatic rings. The molecule has 1 aromatic heterocycles. The van der Waals surface area contributed by atoms with E-state index in [9.17, 15) is 5.11 Å². The maximum Gasteiger partial charge on any atom is 0.137 e. The van der Waals surface area contributed by atoms with E-state index in [0.29, 0.717) is 0 Å². The topological polar surface area (TPSA) is 50.9 Å². The highest BCUT2D eigenvalue weighted by atomic mass is 16.3. The lowest BCUT2D eigenvalue weighted by Crippen LogP contribution is -2.21. The highest BCUT2D eigenvalue weighted by Gasteiger charge is 2.16. The molecule has 0 aliphatic carbocycles. The van der Waals surface area contributed by atoms with Gasteiger partial charge in [0.05, 0.1) is 12.1 Å². The van der Waals surface area contributed by atoms with Crippen LogP contribution in [0.25, 0.3) is 0 Å². The summed E-state index contributed by atoms with van der Waals surface area (Å²) in [5.74, 6) is 0. The second-order valence-electron chi connectivity index (χ2n) is 4.03. The first kappa shape index (κ1) is 12.2. The number of hydrogen-bond donors (Lipinski definition) is 1. The first-order chi connectivity index (χ1) is 7.25. The van der Waals surface area contributed by atoms with Crippen LogP contribution in [-0.2, 0) is 0 Å². The Morgan fingerprint density at radius 3 is 2.67 bits per heavy atom. The molecule has 0 saturated carbocycles. The molecule has 0 fully saturated rings. The van der Waals surface area contributed by atoms with Crippen LogP contribution in [0.4, 0.5) is 0 Å². The van der Waals surface area contributed by atoms with Gasteiger partial charge in [-0.3, -0.25) is 0 Å². The van der Waals surface area contributed by atoms with E-state index in [1.54, 1.807) is 11.0 Å². The van der Waals surface area contributed by atoms with E-state index in [-0.39, 0.29) is 12.1 Å². The zero-order valence-electron chi connectivity index (χ0n) is 9.63. The molecule has 1 aromatic rings. The highest BCUT2D eigenvalue weighted by Crippen LogP contribution is 2.18. The van der Waals surface area contributed by atoms with Crippen LogP contribution >= 0.6 is 0 Å². The average Bonchev–Trinajstić information content (AvgIpc) is 2.70. The van der Waals surface area contributed by atoms with Gasteiger partial charge in [-0.1, -0.05) is 32.6 Å². The number of nitrogens with zero attached hydrogens (tertiary/aromatic N) is 3. The first-order valence-corrected chi connectivity index (χ1v) is 5.78. The Kier molecular flexibility index (Phi) is 5.32. The van der Waals surface area contributed by atoms with Crippen molar-refractivity contribution >= 4 is 0 Å². The summed E-state index contributed by atoms with van der Waals surface area (Å²) in [7, 11) is 0. The zero-order valence-corrected chi connectivity index (χ0v) is 9.63. The van der Waals surface area contributed by atoms with Crippen molar-refractivity contribution in [2.45, 2.75) is 58.1 Å². The lowest BCUT2D eigenvalue weighted by atomic mass is 10.0. The first-order valence-electron chi connectivity index (χ1n) is 5.78. The summed E-state index contributed by atoms with van der Waals surface area (Å²) in [4.78, 5) is 3.91. The smallest absolute Gasteiger partial charge is 0.137 e. The number of aliphatic hydroxyl groups excluding tert-OH is 1. The molecule has 0 bridgehead atoms. The summed E-state index contributed by atoms with van der Waals surface area (Å²) in [5.41, 5.74) is 0. The Morgan fingerprint density at radius 1 is 1.33 bits per heavy atom. The summed E-state index contributed by atoms with van der Waals surface area (Å²) in [6.45, 7) is 4.01. The van der Waals surface area contributed by atoms with Gasteiger partial charge >= 0.3 is 0 Å². The SMILES string of the molecule is CCCCCC[C@H]([C@H](C)O)n1cncn1. The summed E-state index contributed by atoms with van der Waals surface area (Å²) < 4.78 is 1.76. The van der Waals surface area contributed by atoms with Crippen LogP contribution < -0.4 is 0 Å². The van der Waals surface area contributed by atoms with Gasteiger partial charge in [-0.15, -0.1) is 0 Å². The molecule has 0 aromatic carbocycles. The monoisotopic (exact) mass is 211 g/mol. The van der Waals surface area contributed by atoms with Crippen molar-refractivity contribution in [2.75, 3.05) is 0 Å². The van der Waals surface area contributed by atoms with Gasteiger partial charge in [-0.25, -0.2) is 9.67 Å². The Morgan fingerprint density at radius 2 is 2.13 bits per heavy atom. The second-order valence-corrected chi connectivity index (χ2v) is 4.03. The minimum Gasteiger partial charge on any atom is -0.391 e. The maximum absolute atomic E-state index is 9.65. The number of rotatable bonds is 7. The molecular weight excluding hydrogens is 190 g/mol. The van der Waals surface area contributed by atoms with Crippen LogP contribution in [-0.4, -0.2) is 26.0 Å². The van der Waals surface area contributed by atoms with Crippen LogP contribution in [0.15, 0.2) is 12.7 Å². The molecule has 0 saturated heterocycles. The number of unbranched alkanes of at least 4 members (excludes halogenated alkanes) is 3. The third-order valence-electron chi connectivity index (χ3n) is 2.69. The van der Waals surface area contributed by atoms with Gasteiger partial charge in [0.15, 0.2) is 0 Å². The van der Waals surface area contributed by atoms with E-state index in [4.69, 9.17) is 0 Å². The maximum atomic E-state index is 9.65. The quantitative estimate of drug-likeness (QED) is 0.703. The van der Waals surface area contributed by atoms with Crippen molar-refractivity contribution in [1.82, 2.24) is 14.8 Å². The molecule has 4 nitrogen and oxygen atoms in total. The van der Waals surface area contributed by atoms with E-state index in [0.717, 1.165) is 12.8 Å². The molecule has 2 atom stereocenters. The molecule has 1 heterocycles. The number of aromatic nitrogens is 3. The van der Waals surface area contributed by atoms with Gasteiger partial charge in [0.1, 0.15) is 12.7 Å². The zero-order chi connectivity index (χ0) is 11.1. The fourth-order valence-electron chi connectivity index (χ4n) is 1.76. The molecule has 0 spiro atoms. The summed E-state index contributed by atoms with van der Waals surface area (Å²) in [6.07, 6.45) is 8.68. The van der Waals surface area contributed by atoms with Crippen LogP contribution in [0, 0.1) is 0 Å². The molecule has 0 aliphatic heterocycles. The summed E-state index contributed by atoms with van der Waals surface area (Å²) >= 11 is 0. The molecule has 0 unspecified atom stereocenters. The molecule has 1 N–H and O–H groups in total. The van der Waals surface area contributed by atoms with Crippen molar-refractivity contribution < 1.29 is 5.11 Å². The third kappa shape index (κ3) is 4.00. The van der Waals surface area contributed by atoms with Crippen molar-refractivity contribution in [3.63, 3.8) is 0 Å². The van der Waals surface area contributed by atoms with E-state index in [2.05, 4.69) is 17.0 Å². The molecular formula is C11H21N3O. The Labute approximate surface area is 91.3 Å². The Bertz CT molecular complexity index is 246. The van der Waals surface area contributed by atoms with Gasteiger partial charge in [0, 0.05) is 0 Å². The van der Waals surface area contributed by atoms with E-state index in [1.807, 2.05) is 6.92 Å². The van der Waals surface area contributed by atoms with Gasteiger partial charge in [-0.2, -0.15) is 5.10 Å². The fraction of sp³-hybridized carbons (Fsp3) is 0.818.